The van der Waals surface area contributed by atoms with E-state index in [4.69, 9.17) is 5.11 Å². The van der Waals surface area contributed by atoms with Crippen LogP contribution in [0, 0.1) is 0 Å². The van der Waals surface area contributed by atoms with Gasteiger partial charge in [0.1, 0.15) is 0 Å². The van der Waals surface area contributed by atoms with Crippen LogP contribution in [0.15, 0.2) is 24.3 Å². The number of benzene rings is 1. The second-order valence-electron chi connectivity index (χ2n) is 3.33. The van der Waals surface area contributed by atoms with Crippen LogP contribution in [0.2, 0.25) is 0 Å². The first-order chi connectivity index (χ1) is 7.17. The fourth-order valence-corrected chi connectivity index (χ4v) is 1.37. The van der Waals surface area contributed by atoms with E-state index in [2.05, 4.69) is 10.6 Å². The summed E-state index contributed by atoms with van der Waals surface area (Å²) < 4.78 is 0. The van der Waals surface area contributed by atoms with Crippen molar-refractivity contribution < 1.29 is 9.90 Å². The van der Waals surface area contributed by atoms with E-state index in [1.807, 2.05) is 24.3 Å². The molecule has 1 unspecified atom stereocenters. The highest BCUT2D eigenvalue weighted by molar-refractivity contribution is 5.88. The zero-order valence-electron chi connectivity index (χ0n) is 8.95. The van der Waals surface area contributed by atoms with Gasteiger partial charge in [-0.1, -0.05) is 12.1 Å². The van der Waals surface area contributed by atoms with E-state index in [-0.39, 0.29) is 18.6 Å². The Labute approximate surface area is 89.3 Å². The normalized spacial score (nSPS) is 12.2. The highest BCUT2D eigenvalue weighted by Crippen LogP contribution is 2.15. The molecule has 0 spiro atoms. The average molecular weight is 208 g/mol. The van der Waals surface area contributed by atoms with E-state index >= 15 is 0 Å². The van der Waals surface area contributed by atoms with Crippen LogP contribution >= 0.6 is 0 Å². The van der Waals surface area contributed by atoms with Gasteiger partial charge in [0.25, 0.3) is 0 Å². The van der Waals surface area contributed by atoms with Crippen LogP contribution in [-0.4, -0.2) is 24.7 Å². The molecule has 0 aliphatic heterocycles. The lowest BCUT2D eigenvalue weighted by molar-refractivity contribution is -0.114. The molecule has 0 bridgehead atoms. The van der Waals surface area contributed by atoms with Gasteiger partial charge in [0.05, 0.1) is 12.6 Å². The SMILES string of the molecule is CNC(CO)c1ccc(NC(C)=O)cc1. The standard InChI is InChI=1S/C11H16N2O2/c1-8(15)13-10-5-3-9(4-6-10)11(7-14)12-2/h3-6,11-12,14H,7H2,1-2H3,(H,13,15). The lowest BCUT2D eigenvalue weighted by Gasteiger charge is -2.13. The first-order valence-corrected chi connectivity index (χ1v) is 4.83. The van der Waals surface area contributed by atoms with E-state index in [0.29, 0.717) is 0 Å². The molecule has 1 amide bonds. The summed E-state index contributed by atoms with van der Waals surface area (Å²) in [6.07, 6.45) is 0. The van der Waals surface area contributed by atoms with Crippen molar-refractivity contribution in [1.29, 1.82) is 0 Å². The molecular weight excluding hydrogens is 192 g/mol. The van der Waals surface area contributed by atoms with E-state index in [0.717, 1.165) is 11.3 Å². The topological polar surface area (TPSA) is 61.4 Å². The lowest BCUT2D eigenvalue weighted by Crippen LogP contribution is -2.19. The number of aliphatic hydroxyl groups is 1. The Morgan fingerprint density at radius 3 is 2.40 bits per heavy atom. The van der Waals surface area contributed by atoms with Crippen molar-refractivity contribution in [1.82, 2.24) is 5.32 Å². The molecule has 82 valence electrons. The molecule has 0 aliphatic carbocycles. The Kier molecular flexibility index (Phi) is 4.27. The summed E-state index contributed by atoms with van der Waals surface area (Å²) in [6, 6.07) is 7.33. The van der Waals surface area contributed by atoms with Crippen molar-refractivity contribution in [2.24, 2.45) is 0 Å². The molecule has 0 radical (unpaired) electrons. The molecule has 0 heterocycles. The zero-order valence-corrected chi connectivity index (χ0v) is 8.95. The summed E-state index contributed by atoms with van der Waals surface area (Å²) >= 11 is 0. The molecule has 4 heteroatoms. The first kappa shape index (κ1) is 11.7. The number of likely N-dealkylation sites (N-methyl/N-ethyl adjacent to an activating group) is 1. The van der Waals surface area contributed by atoms with E-state index < -0.39 is 0 Å². The average Bonchev–Trinajstić information content (AvgIpc) is 2.21. The predicted molar refractivity (Wildman–Crippen MR) is 59.6 cm³/mol. The van der Waals surface area contributed by atoms with Gasteiger partial charge in [-0.05, 0) is 24.7 Å². The van der Waals surface area contributed by atoms with E-state index in [1.54, 1.807) is 7.05 Å². The molecule has 4 nitrogen and oxygen atoms in total. The van der Waals surface area contributed by atoms with Gasteiger partial charge in [-0.25, -0.2) is 0 Å². The summed E-state index contributed by atoms with van der Waals surface area (Å²) in [4.78, 5) is 10.8. The molecular formula is C11H16N2O2. The van der Waals surface area contributed by atoms with Crippen molar-refractivity contribution in [3.8, 4) is 0 Å². The summed E-state index contributed by atoms with van der Waals surface area (Å²) in [5, 5.41) is 14.7. The highest BCUT2D eigenvalue weighted by Gasteiger charge is 2.06. The maximum Gasteiger partial charge on any atom is 0.221 e. The maximum absolute atomic E-state index is 10.8. The number of anilines is 1. The van der Waals surface area contributed by atoms with Crippen molar-refractivity contribution in [2.45, 2.75) is 13.0 Å². The number of hydrogen-bond donors (Lipinski definition) is 3. The molecule has 3 N–H and O–H groups in total. The molecule has 0 aromatic heterocycles. The minimum Gasteiger partial charge on any atom is -0.394 e. The number of carbonyl (C=O) groups is 1. The predicted octanol–water partition coefficient (Wildman–Crippen LogP) is 0.898. The van der Waals surface area contributed by atoms with Crippen LogP contribution in [-0.2, 0) is 4.79 Å². The van der Waals surface area contributed by atoms with Gasteiger partial charge >= 0.3 is 0 Å². The fraction of sp³-hybridized carbons (Fsp3) is 0.364. The van der Waals surface area contributed by atoms with Gasteiger partial charge < -0.3 is 15.7 Å². The molecule has 1 aromatic carbocycles. The molecule has 1 atom stereocenters. The summed E-state index contributed by atoms with van der Waals surface area (Å²) in [5.74, 6) is -0.0879. The van der Waals surface area contributed by atoms with Crippen LogP contribution in [0.1, 0.15) is 18.5 Å². The lowest BCUT2D eigenvalue weighted by atomic mass is 10.1. The monoisotopic (exact) mass is 208 g/mol. The molecule has 1 rings (SSSR count). The third-order valence-corrected chi connectivity index (χ3v) is 2.16. The molecule has 0 aliphatic rings. The Bertz CT molecular complexity index is 318. The maximum atomic E-state index is 10.8. The number of amides is 1. The molecule has 0 fully saturated rings. The largest absolute Gasteiger partial charge is 0.394 e. The van der Waals surface area contributed by atoms with E-state index in [9.17, 15) is 4.79 Å². The van der Waals surface area contributed by atoms with Crippen LogP contribution in [0.4, 0.5) is 5.69 Å². The Morgan fingerprint density at radius 2 is 2.00 bits per heavy atom. The summed E-state index contributed by atoms with van der Waals surface area (Å²) in [6.45, 7) is 1.52. The van der Waals surface area contributed by atoms with Crippen molar-refractivity contribution in [3.05, 3.63) is 29.8 Å². The minimum atomic E-state index is -0.0879. The minimum absolute atomic E-state index is 0.0516. The number of nitrogens with one attached hydrogen (secondary N) is 2. The second kappa shape index (κ2) is 5.48. The number of hydrogen-bond acceptors (Lipinski definition) is 3. The fourth-order valence-electron chi connectivity index (χ4n) is 1.37. The number of rotatable bonds is 4. The van der Waals surface area contributed by atoms with Gasteiger partial charge in [0.15, 0.2) is 0 Å². The second-order valence-corrected chi connectivity index (χ2v) is 3.33. The van der Waals surface area contributed by atoms with E-state index in [1.165, 1.54) is 6.92 Å². The Hall–Kier alpha value is -1.39. The van der Waals surface area contributed by atoms with Gasteiger partial charge in [-0.15, -0.1) is 0 Å². The smallest absolute Gasteiger partial charge is 0.221 e. The highest BCUT2D eigenvalue weighted by atomic mass is 16.3. The Morgan fingerprint density at radius 1 is 1.40 bits per heavy atom. The van der Waals surface area contributed by atoms with Gasteiger partial charge in [-0.3, -0.25) is 4.79 Å². The third-order valence-electron chi connectivity index (χ3n) is 2.16. The molecule has 0 saturated heterocycles. The van der Waals surface area contributed by atoms with Crippen molar-refractivity contribution >= 4 is 11.6 Å². The third kappa shape index (κ3) is 3.34. The van der Waals surface area contributed by atoms with Crippen LogP contribution in [0.25, 0.3) is 0 Å². The van der Waals surface area contributed by atoms with Crippen molar-refractivity contribution in [2.75, 3.05) is 19.0 Å². The summed E-state index contributed by atoms with van der Waals surface area (Å²) in [5.41, 5.74) is 1.76. The summed E-state index contributed by atoms with van der Waals surface area (Å²) in [7, 11) is 1.79. The Balaban J connectivity index is 2.75. The first-order valence-electron chi connectivity index (χ1n) is 4.83. The van der Waals surface area contributed by atoms with Gasteiger partial charge in [-0.2, -0.15) is 0 Å². The van der Waals surface area contributed by atoms with Crippen LogP contribution in [0.3, 0.4) is 0 Å². The number of carbonyl (C=O) groups excluding carboxylic acids is 1. The quantitative estimate of drug-likeness (QED) is 0.689. The molecule has 15 heavy (non-hydrogen) atoms. The van der Waals surface area contributed by atoms with Crippen LogP contribution < -0.4 is 10.6 Å². The zero-order chi connectivity index (χ0) is 11.3. The number of aliphatic hydroxyl groups excluding tert-OH is 1. The molecule has 1 aromatic rings. The van der Waals surface area contributed by atoms with Crippen LogP contribution in [0.5, 0.6) is 0 Å². The van der Waals surface area contributed by atoms with Gasteiger partial charge in [0.2, 0.25) is 5.91 Å². The van der Waals surface area contributed by atoms with Crippen molar-refractivity contribution in [3.63, 3.8) is 0 Å². The molecule has 0 saturated carbocycles. The van der Waals surface area contributed by atoms with Gasteiger partial charge in [0, 0.05) is 12.6 Å².